The smallest absolute Gasteiger partial charge is 0.239 e. The lowest BCUT2D eigenvalue weighted by Gasteiger charge is -2.22. The molecule has 0 spiro atoms. The molecule has 28 heavy (non-hydrogen) atoms. The average molecular weight is 404 g/mol. The van der Waals surface area contributed by atoms with Gasteiger partial charge in [-0.1, -0.05) is 42.5 Å². The minimum atomic E-state index is -3.34. The van der Waals surface area contributed by atoms with Gasteiger partial charge in [0.2, 0.25) is 15.9 Å². The third kappa shape index (κ3) is 7.32. The number of carbonyl (C=O) groups excluding carboxylic acids is 1. The lowest BCUT2D eigenvalue weighted by atomic mass is 10.1. The van der Waals surface area contributed by atoms with E-state index in [1.54, 1.807) is 26.0 Å². The van der Waals surface area contributed by atoms with Crippen LogP contribution in [0.2, 0.25) is 0 Å². The number of nitrogens with zero attached hydrogens (tertiary/aromatic N) is 1. The fourth-order valence-electron chi connectivity index (χ4n) is 2.83. The summed E-state index contributed by atoms with van der Waals surface area (Å²) in [4.78, 5) is 14.3. The van der Waals surface area contributed by atoms with Gasteiger partial charge in [0.1, 0.15) is 0 Å². The Bertz CT molecular complexity index is 850. The van der Waals surface area contributed by atoms with Crippen molar-refractivity contribution in [1.29, 1.82) is 0 Å². The van der Waals surface area contributed by atoms with Crippen molar-refractivity contribution in [2.45, 2.75) is 39.1 Å². The van der Waals surface area contributed by atoms with Crippen molar-refractivity contribution in [2.24, 2.45) is 0 Å². The fraction of sp³-hybridized carbons (Fsp3) is 0.381. The molecule has 0 aliphatic carbocycles. The van der Waals surface area contributed by atoms with Gasteiger partial charge in [0.25, 0.3) is 0 Å². The van der Waals surface area contributed by atoms with E-state index in [0.717, 1.165) is 17.8 Å². The number of hydrogen-bond donors (Lipinski definition) is 2. The number of hydrogen-bond acceptors (Lipinski definition) is 4. The summed E-state index contributed by atoms with van der Waals surface area (Å²) >= 11 is 0. The van der Waals surface area contributed by atoms with Crippen LogP contribution in [0.3, 0.4) is 0 Å². The summed E-state index contributed by atoms with van der Waals surface area (Å²) in [5.41, 5.74) is 2.65. The molecular weight excluding hydrogens is 374 g/mol. The molecular formula is C21H29N3O3S. The van der Waals surface area contributed by atoms with Gasteiger partial charge in [-0.15, -0.1) is 0 Å². The second-order valence-corrected chi connectivity index (χ2v) is 8.73. The number of sulfonamides is 1. The van der Waals surface area contributed by atoms with Gasteiger partial charge in [-0.05, 0) is 44.0 Å². The molecule has 0 fully saturated rings. The van der Waals surface area contributed by atoms with Crippen molar-refractivity contribution in [3.05, 3.63) is 65.7 Å². The Morgan fingerprint density at radius 3 is 2.18 bits per heavy atom. The zero-order valence-electron chi connectivity index (χ0n) is 16.7. The van der Waals surface area contributed by atoms with E-state index in [1.807, 2.05) is 54.3 Å². The number of anilines is 1. The predicted molar refractivity (Wildman–Crippen MR) is 114 cm³/mol. The number of para-hydroxylation sites is 1. The maximum absolute atomic E-state index is 12.3. The summed E-state index contributed by atoms with van der Waals surface area (Å²) < 4.78 is 26.5. The van der Waals surface area contributed by atoms with Crippen LogP contribution in [-0.2, 0) is 27.1 Å². The highest BCUT2D eigenvalue weighted by molar-refractivity contribution is 7.88. The Kier molecular flexibility index (Phi) is 8.02. The van der Waals surface area contributed by atoms with E-state index in [9.17, 15) is 13.2 Å². The second kappa shape index (κ2) is 10.2. The van der Waals surface area contributed by atoms with Crippen molar-refractivity contribution >= 4 is 21.6 Å². The van der Waals surface area contributed by atoms with Crippen LogP contribution in [-0.4, -0.2) is 33.5 Å². The molecule has 2 N–H and O–H groups in total. The number of benzene rings is 2. The third-order valence-electron chi connectivity index (χ3n) is 4.12. The molecule has 1 amide bonds. The molecule has 0 radical (unpaired) electrons. The van der Waals surface area contributed by atoms with Crippen molar-refractivity contribution in [3.8, 4) is 0 Å². The van der Waals surface area contributed by atoms with E-state index < -0.39 is 10.0 Å². The Morgan fingerprint density at radius 2 is 1.61 bits per heavy atom. The van der Waals surface area contributed by atoms with Crippen LogP contribution < -0.4 is 14.9 Å². The van der Waals surface area contributed by atoms with Crippen LogP contribution in [0.15, 0.2) is 54.6 Å². The van der Waals surface area contributed by atoms with Gasteiger partial charge >= 0.3 is 0 Å². The molecule has 0 aromatic heterocycles. The van der Waals surface area contributed by atoms with Crippen molar-refractivity contribution < 1.29 is 13.2 Å². The lowest BCUT2D eigenvalue weighted by Crippen LogP contribution is -2.36. The Hall–Kier alpha value is -2.38. The first-order valence-corrected chi connectivity index (χ1v) is 11.1. The van der Waals surface area contributed by atoms with Gasteiger partial charge in [0, 0.05) is 24.8 Å². The Labute approximate surface area is 168 Å². The standard InChI is InChI=1S/C21H29N3O3S/c1-4-24(20-8-6-5-7-9-20)15-21(25)22-14-18-10-12-19(13-11-18)16-28(26,27)23-17(2)3/h5-13,17,23H,4,14-16H2,1-3H3,(H,22,25). The van der Waals surface area contributed by atoms with E-state index in [2.05, 4.69) is 10.0 Å². The van der Waals surface area contributed by atoms with Gasteiger partial charge in [0.05, 0.1) is 12.3 Å². The van der Waals surface area contributed by atoms with E-state index in [0.29, 0.717) is 12.1 Å². The first-order chi connectivity index (χ1) is 13.3. The topological polar surface area (TPSA) is 78.5 Å². The average Bonchev–Trinajstić information content (AvgIpc) is 2.65. The monoisotopic (exact) mass is 403 g/mol. The summed E-state index contributed by atoms with van der Waals surface area (Å²) in [6, 6.07) is 16.9. The summed E-state index contributed by atoms with van der Waals surface area (Å²) in [5.74, 6) is -0.112. The maximum atomic E-state index is 12.3. The molecule has 2 aromatic rings. The van der Waals surface area contributed by atoms with Gasteiger partial charge in [-0.3, -0.25) is 4.79 Å². The summed E-state index contributed by atoms with van der Waals surface area (Å²) in [6.07, 6.45) is 0. The first-order valence-electron chi connectivity index (χ1n) is 9.43. The largest absolute Gasteiger partial charge is 0.363 e. The van der Waals surface area contributed by atoms with E-state index in [4.69, 9.17) is 0 Å². The number of amides is 1. The maximum Gasteiger partial charge on any atom is 0.239 e. The van der Waals surface area contributed by atoms with Crippen LogP contribution in [0, 0.1) is 0 Å². The van der Waals surface area contributed by atoms with Gasteiger partial charge < -0.3 is 10.2 Å². The Morgan fingerprint density at radius 1 is 1.00 bits per heavy atom. The molecule has 0 bridgehead atoms. The second-order valence-electron chi connectivity index (χ2n) is 6.97. The zero-order valence-corrected chi connectivity index (χ0v) is 17.5. The molecule has 2 rings (SSSR count). The number of rotatable bonds is 10. The SMILES string of the molecule is CCN(CC(=O)NCc1ccc(CS(=O)(=O)NC(C)C)cc1)c1ccccc1. The van der Waals surface area contributed by atoms with E-state index in [-0.39, 0.29) is 24.2 Å². The molecule has 0 unspecified atom stereocenters. The van der Waals surface area contributed by atoms with Crippen molar-refractivity contribution in [3.63, 3.8) is 0 Å². The summed E-state index contributed by atoms with van der Waals surface area (Å²) in [6.45, 7) is 7.04. The molecule has 7 heteroatoms. The normalized spacial score (nSPS) is 11.4. The highest BCUT2D eigenvalue weighted by atomic mass is 32.2. The zero-order chi connectivity index (χ0) is 20.6. The Balaban J connectivity index is 1.86. The predicted octanol–water partition coefficient (Wildman–Crippen LogP) is 2.66. The van der Waals surface area contributed by atoms with Crippen LogP contribution in [0.25, 0.3) is 0 Å². The quantitative estimate of drug-likeness (QED) is 0.639. The minimum Gasteiger partial charge on any atom is -0.363 e. The molecule has 0 heterocycles. The molecule has 0 aliphatic heterocycles. The van der Waals surface area contributed by atoms with Crippen LogP contribution in [0.5, 0.6) is 0 Å². The number of carbonyl (C=O) groups is 1. The molecule has 6 nitrogen and oxygen atoms in total. The molecule has 0 saturated carbocycles. The summed E-state index contributed by atoms with van der Waals surface area (Å²) in [5, 5.41) is 2.92. The first kappa shape index (κ1) is 21.9. The molecule has 0 aliphatic rings. The third-order valence-corrected chi connectivity index (χ3v) is 5.67. The lowest BCUT2D eigenvalue weighted by molar-refractivity contribution is -0.119. The minimum absolute atomic E-state index is 0.0552. The molecule has 0 saturated heterocycles. The van der Waals surface area contributed by atoms with Crippen LogP contribution >= 0.6 is 0 Å². The van der Waals surface area contributed by atoms with Gasteiger partial charge in [0.15, 0.2) is 0 Å². The van der Waals surface area contributed by atoms with Gasteiger partial charge in [-0.2, -0.15) is 0 Å². The molecule has 152 valence electrons. The van der Waals surface area contributed by atoms with E-state index >= 15 is 0 Å². The van der Waals surface area contributed by atoms with Crippen molar-refractivity contribution in [2.75, 3.05) is 18.0 Å². The van der Waals surface area contributed by atoms with E-state index in [1.165, 1.54) is 0 Å². The molecule has 2 aromatic carbocycles. The highest BCUT2D eigenvalue weighted by Gasteiger charge is 2.13. The van der Waals surface area contributed by atoms with Crippen molar-refractivity contribution in [1.82, 2.24) is 10.0 Å². The fourth-order valence-corrected chi connectivity index (χ4v) is 4.26. The van der Waals surface area contributed by atoms with Gasteiger partial charge in [-0.25, -0.2) is 13.1 Å². The number of likely N-dealkylation sites (N-methyl/N-ethyl adjacent to an activating group) is 1. The van der Waals surface area contributed by atoms with Crippen LogP contribution in [0.4, 0.5) is 5.69 Å². The number of nitrogens with one attached hydrogen (secondary N) is 2. The summed E-state index contributed by atoms with van der Waals surface area (Å²) in [7, 11) is -3.34. The molecule has 0 atom stereocenters. The highest BCUT2D eigenvalue weighted by Crippen LogP contribution is 2.12. The van der Waals surface area contributed by atoms with Crippen LogP contribution in [0.1, 0.15) is 31.9 Å².